The van der Waals surface area contributed by atoms with Crippen LogP contribution in [0.25, 0.3) is 0 Å². The fraction of sp³-hybridized carbons (Fsp3) is 0.778. The van der Waals surface area contributed by atoms with Gasteiger partial charge in [0.15, 0.2) is 0 Å². The predicted molar refractivity (Wildman–Crippen MR) is 57.3 cm³/mol. The van der Waals surface area contributed by atoms with Gasteiger partial charge in [-0.25, -0.2) is 4.68 Å². The molecule has 1 aromatic heterocycles. The van der Waals surface area contributed by atoms with Crippen LogP contribution in [0.1, 0.15) is 12.8 Å². The summed E-state index contributed by atoms with van der Waals surface area (Å²) >= 11 is 0. The second kappa shape index (κ2) is 2.90. The Morgan fingerprint density at radius 3 is 2.50 bits per heavy atom. The zero-order valence-electron chi connectivity index (χ0n) is 8.99. The van der Waals surface area contributed by atoms with Crippen molar-refractivity contribution in [3.63, 3.8) is 0 Å². The van der Waals surface area contributed by atoms with Gasteiger partial charge in [-0.2, -0.15) is 0 Å². The van der Waals surface area contributed by atoms with E-state index < -0.39 is 8.07 Å². The Morgan fingerprint density at radius 2 is 2.14 bits per heavy atom. The number of aromatic nitrogens is 3. The molecular formula is C9H17N3OSi. The van der Waals surface area contributed by atoms with Crippen molar-refractivity contribution >= 4 is 13.4 Å². The molecule has 0 spiro atoms. The van der Waals surface area contributed by atoms with Gasteiger partial charge in [-0.1, -0.05) is 24.9 Å². The molecule has 4 nitrogen and oxygen atoms in total. The molecule has 0 unspecified atom stereocenters. The number of aliphatic hydroxyl groups excluding tert-OH is 1. The Labute approximate surface area is 85.0 Å². The van der Waals surface area contributed by atoms with Crippen LogP contribution < -0.4 is 5.32 Å². The smallest absolute Gasteiger partial charge is 0.106 e. The van der Waals surface area contributed by atoms with Crippen molar-refractivity contribution in [3.8, 4) is 0 Å². The molecular weight excluding hydrogens is 194 g/mol. The van der Waals surface area contributed by atoms with E-state index in [-0.39, 0.29) is 12.1 Å². The average Bonchev–Trinajstić information content (AvgIpc) is 2.73. The first-order valence-corrected chi connectivity index (χ1v) is 8.52. The standard InChI is InChI=1S/C9H17N3OSi/c1-14(2,3)8-6-12(11-10-8)9(7-13)4-5-9/h6,13H,4-5,7H2,1-3H3. The first-order valence-electron chi connectivity index (χ1n) is 5.02. The average molecular weight is 211 g/mol. The second-order valence-corrected chi connectivity index (χ2v) is 10.2. The van der Waals surface area contributed by atoms with Crippen molar-refractivity contribution < 1.29 is 5.11 Å². The van der Waals surface area contributed by atoms with Gasteiger partial charge in [0.25, 0.3) is 0 Å². The van der Waals surface area contributed by atoms with E-state index in [0.717, 1.165) is 18.2 Å². The maximum atomic E-state index is 9.24. The van der Waals surface area contributed by atoms with Crippen LogP contribution in [-0.4, -0.2) is 34.8 Å². The molecule has 0 amide bonds. The first-order chi connectivity index (χ1) is 6.48. The highest BCUT2D eigenvalue weighted by molar-refractivity contribution is 6.88. The van der Waals surface area contributed by atoms with Gasteiger partial charge < -0.3 is 5.11 Å². The molecule has 0 radical (unpaired) electrons. The lowest BCUT2D eigenvalue weighted by Crippen LogP contribution is -2.38. The third-order valence-corrected chi connectivity index (χ3v) is 4.64. The van der Waals surface area contributed by atoms with E-state index in [0.29, 0.717) is 0 Å². The van der Waals surface area contributed by atoms with Gasteiger partial charge in [-0.3, -0.25) is 0 Å². The van der Waals surface area contributed by atoms with E-state index >= 15 is 0 Å². The molecule has 0 saturated heterocycles. The summed E-state index contributed by atoms with van der Waals surface area (Å²) in [5, 5.41) is 18.7. The maximum absolute atomic E-state index is 9.24. The van der Waals surface area contributed by atoms with Crippen molar-refractivity contribution in [1.29, 1.82) is 0 Å². The lowest BCUT2D eigenvalue weighted by molar-refractivity contribution is 0.200. The van der Waals surface area contributed by atoms with Gasteiger partial charge >= 0.3 is 0 Å². The Kier molecular flexibility index (Phi) is 2.04. The highest BCUT2D eigenvalue weighted by Gasteiger charge is 2.45. The molecule has 1 aliphatic rings. The summed E-state index contributed by atoms with van der Waals surface area (Å²) < 4.78 is 1.86. The topological polar surface area (TPSA) is 50.9 Å². The third-order valence-electron chi connectivity index (χ3n) is 2.87. The molecule has 1 N–H and O–H groups in total. The summed E-state index contributed by atoms with van der Waals surface area (Å²) in [5.41, 5.74) is -0.106. The number of hydrogen-bond donors (Lipinski definition) is 1. The molecule has 1 aromatic rings. The van der Waals surface area contributed by atoms with E-state index in [4.69, 9.17) is 0 Å². The van der Waals surface area contributed by atoms with Crippen molar-refractivity contribution in [1.82, 2.24) is 15.0 Å². The highest BCUT2D eigenvalue weighted by Crippen LogP contribution is 2.41. The summed E-state index contributed by atoms with van der Waals surface area (Å²) in [6.07, 6.45) is 4.07. The minimum absolute atomic E-state index is 0.106. The van der Waals surface area contributed by atoms with E-state index in [1.165, 1.54) is 0 Å². The van der Waals surface area contributed by atoms with Crippen LogP contribution in [0.4, 0.5) is 0 Å². The third kappa shape index (κ3) is 1.50. The minimum atomic E-state index is -1.35. The van der Waals surface area contributed by atoms with Gasteiger partial charge in [0.2, 0.25) is 0 Å². The van der Waals surface area contributed by atoms with Gasteiger partial charge in [0.05, 0.1) is 17.5 Å². The SMILES string of the molecule is C[Si](C)(C)c1cn(C2(CO)CC2)nn1. The van der Waals surface area contributed by atoms with E-state index in [1.807, 2.05) is 10.9 Å². The number of rotatable bonds is 3. The largest absolute Gasteiger partial charge is 0.394 e. The first kappa shape index (κ1) is 9.86. The Bertz CT molecular complexity index is 338. The second-order valence-electron chi connectivity index (χ2n) is 5.18. The van der Waals surface area contributed by atoms with E-state index in [2.05, 4.69) is 30.0 Å². The van der Waals surface area contributed by atoms with Gasteiger partial charge in [0.1, 0.15) is 8.07 Å². The van der Waals surface area contributed by atoms with Gasteiger partial charge in [-0.15, -0.1) is 5.10 Å². The summed E-state index contributed by atoms with van der Waals surface area (Å²) in [7, 11) is -1.35. The van der Waals surface area contributed by atoms with Crippen molar-refractivity contribution in [3.05, 3.63) is 6.20 Å². The molecule has 0 aromatic carbocycles. The van der Waals surface area contributed by atoms with Crippen LogP contribution in [0.2, 0.25) is 19.6 Å². The highest BCUT2D eigenvalue weighted by atomic mass is 28.3. The Balaban J connectivity index is 2.27. The molecule has 1 aliphatic carbocycles. The van der Waals surface area contributed by atoms with Crippen LogP contribution >= 0.6 is 0 Å². The van der Waals surface area contributed by atoms with Gasteiger partial charge in [-0.05, 0) is 12.8 Å². The molecule has 1 heterocycles. The summed E-state index contributed by atoms with van der Waals surface area (Å²) in [6, 6.07) is 0. The molecule has 5 heteroatoms. The maximum Gasteiger partial charge on any atom is 0.106 e. The van der Waals surface area contributed by atoms with E-state index in [9.17, 15) is 5.11 Å². The molecule has 1 saturated carbocycles. The Hall–Kier alpha value is -0.683. The fourth-order valence-corrected chi connectivity index (χ4v) is 2.30. The summed E-state index contributed by atoms with van der Waals surface area (Å²) in [4.78, 5) is 0. The number of hydrogen-bond acceptors (Lipinski definition) is 3. The quantitative estimate of drug-likeness (QED) is 0.732. The molecule has 2 rings (SSSR count). The van der Waals surface area contributed by atoms with Gasteiger partial charge in [0, 0.05) is 6.20 Å². The lowest BCUT2D eigenvalue weighted by atomic mass is 10.3. The minimum Gasteiger partial charge on any atom is -0.394 e. The monoisotopic (exact) mass is 211 g/mol. The molecule has 78 valence electrons. The van der Waals surface area contributed by atoms with Crippen molar-refractivity contribution in [2.45, 2.75) is 38.0 Å². The van der Waals surface area contributed by atoms with E-state index in [1.54, 1.807) is 0 Å². The Morgan fingerprint density at radius 1 is 1.50 bits per heavy atom. The van der Waals surface area contributed by atoms with Crippen LogP contribution in [0, 0.1) is 0 Å². The predicted octanol–water partition coefficient (Wildman–Crippen LogP) is 0.305. The van der Waals surface area contributed by atoms with Crippen molar-refractivity contribution in [2.24, 2.45) is 0 Å². The van der Waals surface area contributed by atoms with Crippen molar-refractivity contribution in [2.75, 3.05) is 6.61 Å². The van der Waals surface area contributed by atoms with Crippen LogP contribution in [-0.2, 0) is 5.54 Å². The number of nitrogens with zero attached hydrogens (tertiary/aromatic N) is 3. The zero-order chi connectivity index (χ0) is 10.4. The number of aliphatic hydroxyl groups is 1. The summed E-state index contributed by atoms with van der Waals surface area (Å²) in [6.45, 7) is 6.93. The van der Waals surface area contributed by atoms with Crippen LogP contribution in [0.15, 0.2) is 6.20 Å². The molecule has 14 heavy (non-hydrogen) atoms. The summed E-state index contributed by atoms with van der Waals surface area (Å²) in [5.74, 6) is 0. The van der Waals surface area contributed by atoms with Crippen LogP contribution in [0.5, 0.6) is 0 Å². The molecule has 0 bridgehead atoms. The lowest BCUT2D eigenvalue weighted by Gasteiger charge is -2.12. The molecule has 0 aliphatic heterocycles. The van der Waals surface area contributed by atoms with Crippen LogP contribution in [0.3, 0.4) is 0 Å². The molecule has 0 atom stereocenters. The fourth-order valence-electron chi connectivity index (χ4n) is 1.44. The normalized spacial score (nSPS) is 19.7. The molecule has 1 fully saturated rings. The zero-order valence-corrected chi connectivity index (χ0v) is 9.99.